The van der Waals surface area contributed by atoms with E-state index in [1.54, 1.807) is 4.90 Å². The summed E-state index contributed by atoms with van der Waals surface area (Å²) in [5.41, 5.74) is 4.63. The molecular weight excluding hydrogens is 258 g/mol. The highest BCUT2D eigenvalue weighted by atomic mass is 16.2. The smallest absolute Gasteiger partial charge is 0.251 e. The van der Waals surface area contributed by atoms with E-state index in [2.05, 4.69) is 0 Å². The van der Waals surface area contributed by atoms with Gasteiger partial charge >= 0.3 is 0 Å². The number of nitrogens with zero attached hydrogens (tertiary/aromatic N) is 2. The van der Waals surface area contributed by atoms with Crippen molar-refractivity contribution in [2.24, 2.45) is 11.7 Å². The fourth-order valence-electron chi connectivity index (χ4n) is 3.32. The Balaban J connectivity index is 2.17. The SMILES string of the molecule is CC[C@@H](C(N)=O)N1C[C@]2(CCCN2C(=O)C(C)C)C1=O. The summed E-state index contributed by atoms with van der Waals surface area (Å²) >= 11 is 0. The van der Waals surface area contributed by atoms with E-state index in [9.17, 15) is 14.4 Å². The normalized spacial score (nSPS) is 27.1. The topological polar surface area (TPSA) is 83.7 Å². The van der Waals surface area contributed by atoms with Crippen LogP contribution in [0.25, 0.3) is 0 Å². The predicted octanol–water partition coefficient (Wildman–Crippen LogP) is 0.110. The summed E-state index contributed by atoms with van der Waals surface area (Å²) in [6.45, 7) is 6.58. The van der Waals surface area contributed by atoms with E-state index in [4.69, 9.17) is 5.73 Å². The van der Waals surface area contributed by atoms with Crippen molar-refractivity contribution in [3.8, 4) is 0 Å². The molecule has 2 fully saturated rings. The van der Waals surface area contributed by atoms with Crippen LogP contribution < -0.4 is 5.73 Å². The number of carbonyl (C=O) groups is 3. The second kappa shape index (κ2) is 5.07. The quantitative estimate of drug-likeness (QED) is 0.742. The molecule has 6 nitrogen and oxygen atoms in total. The van der Waals surface area contributed by atoms with Gasteiger partial charge in [-0.3, -0.25) is 14.4 Å². The zero-order valence-electron chi connectivity index (χ0n) is 12.4. The molecule has 0 bridgehead atoms. The van der Waals surface area contributed by atoms with E-state index in [1.807, 2.05) is 20.8 Å². The maximum atomic E-state index is 12.6. The summed E-state index contributed by atoms with van der Waals surface area (Å²) in [4.78, 5) is 39.4. The highest BCUT2D eigenvalue weighted by Gasteiger charge is 2.61. The lowest BCUT2D eigenvalue weighted by Crippen LogP contribution is -2.76. The molecule has 2 aliphatic heterocycles. The lowest BCUT2D eigenvalue weighted by atomic mass is 9.83. The van der Waals surface area contributed by atoms with Gasteiger partial charge in [0.15, 0.2) is 0 Å². The average Bonchev–Trinajstić information content (AvgIpc) is 2.83. The molecule has 0 radical (unpaired) electrons. The van der Waals surface area contributed by atoms with Crippen molar-refractivity contribution in [2.45, 2.75) is 51.6 Å². The Morgan fingerprint density at radius 2 is 2.05 bits per heavy atom. The van der Waals surface area contributed by atoms with Crippen LogP contribution in [-0.2, 0) is 14.4 Å². The summed E-state index contributed by atoms with van der Waals surface area (Å²) < 4.78 is 0. The number of rotatable bonds is 4. The van der Waals surface area contributed by atoms with Gasteiger partial charge in [-0.1, -0.05) is 20.8 Å². The van der Waals surface area contributed by atoms with Crippen LogP contribution in [0.3, 0.4) is 0 Å². The number of hydrogen-bond donors (Lipinski definition) is 1. The molecule has 6 heteroatoms. The van der Waals surface area contributed by atoms with Crippen molar-refractivity contribution >= 4 is 17.7 Å². The summed E-state index contributed by atoms with van der Waals surface area (Å²) in [6.07, 6.45) is 2.04. The molecule has 2 aliphatic rings. The summed E-state index contributed by atoms with van der Waals surface area (Å²) in [6, 6.07) is -0.551. The maximum Gasteiger partial charge on any atom is 0.251 e. The van der Waals surface area contributed by atoms with Crippen molar-refractivity contribution in [1.82, 2.24) is 9.80 Å². The van der Waals surface area contributed by atoms with Crippen LogP contribution in [0.1, 0.15) is 40.0 Å². The molecule has 112 valence electrons. The van der Waals surface area contributed by atoms with Crippen molar-refractivity contribution in [3.05, 3.63) is 0 Å². The fourth-order valence-corrected chi connectivity index (χ4v) is 3.32. The summed E-state index contributed by atoms with van der Waals surface area (Å²) in [5.74, 6) is -0.697. The minimum Gasteiger partial charge on any atom is -0.368 e. The third kappa shape index (κ3) is 1.98. The Kier molecular flexibility index (Phi) is 3.75. The number of nitrogens with two attached hydrogens (primary N) is 1. The van der Waals surface area contributed by atoms with Crippen molar-refractivity contribution in [3.63, 3.8) is 0 Å². The van der Waals surface area contributed by atoms with Gasteiger partial charge in [0.1, 0.15) is 11.6 Å². The molecule has 2 heterocycles. The molecule has 2 N–H and O–H groups in total. The number of hydrogen-bond acceptors (Lipinski definition) is 3. The highest BCUT2D eigenvalue weighted by molar-refractivity contribution is 6.00. The first kappa shape index (κ1) is 14.8. The van der Waals surface area contributed by atoms with E-state index < -0.39 is 17.5 Å². The Hall–Kier alpha value is -1.59. The number of amides is 3. The predicted molar refractivity (Wildman–Crippen MR) is 73.5 cm³/mol. The zero-order valence-corrected chi connectivity index (χ0v) is 12.4. The number of carbonyl (C=O) groups excluding carboxylic acids is 3. The first-order valence-corrected chi connectivity index (χ1v) is 7.27. The summed E-state index contributed by atoms with van der Waals surface area (Å²) in [5, 5.41) is 0. The van der Waals surface area contributed by atoms with E-state index in [0.29, 0.717) is 25.9 Å². The van der Waals surface area contributed by atoms with Crippen LogP contribution in [-0.4, -0.2) is 52.2 Å². The largest absolute Gasteiger partial charge is 0.368 e. The molecule has 1 spiro atoms. The van der Waals surface area contributed by atoms with Gasteiger partial charge < -0.3 is 15.5 Å². The lowest BCUT2D eigenvalue weighted by Gasteiger charge is -2.53. The monoisotopic (exact) mass is 281 g/mol. The van der Waals surface area contributed by atoms with Crippen LogP contribution in [0.2, 0.25) is 0 Å². The first-order valence-electron chi connectivity index (χ1n) is 7.27. The van der Waals surface area contributed by atoms with Gasteiger partial charge in [0.2, 0.25) is 11.8 Å². The van der Waals surface area contributed by atoms with Gasteiger partial charge in [-0.25, -0.2) is 0 Å². The van der Waals surface area contributed by atoms with Crippen LogP contribution >= 0.6 is 0 Å². The molecule has 0 saturated carbocycles. The third-order valence-corrected chi connectivity index (χ3v) is 4.43. The van der Waals surface area contributed by atoms with Gasteiger partial charge in [-0.2, -0.15) is 0 Å². The minimum atomic E-state index is -0.704. The Labute approximate surface area is 119 Å². The molecule has 0 aliphatic carbocycles. The molecule has 0 unspecified atom stereocenters. The maximum absolute atomic E-state index is 12.6. The first-order chi connectivity index (χ1) is 9.35. The molecular formula is C14H23N3O3. The van der Waals surface area contributed by atoms with Gasteiger partial charge in [-0.15, -0.1) is 0 Å². The van der Waals surface area contributed by atoms with Crippen molar-refractivity contribution in [2.75, 3.05) is 13.1 Å². The number of likely N-dealkylation sites (tertiary alicyclic amines) is 2. The summed E-state index contributed by atoms with van der Waals surface area (Å²) in [7, 11) is 0. The van der Waals surface area contributed by atoms with Gasteiger partial charge in [0, 0.05) is 12.5 Å². The van der Waals surface area contributed by atoms with E-state index in [-0.39, 0.29) is 17.7 Å². The molecule has 0 aromatic heterocycles. The Morgan fingerprint density at radius 3 is 2.50 bits per heavy atom. The van der Waals surface area contributed by atoms with E-state index in [1.165, 1.54) is 4.90 Å². The van der Waals surface area contributed by atoms with Gasteiger partial charge in [0.05, 0.1) is 6.54 Å². The molecule has 2 rings (SSSR count). The molecule has 3 amide bonds. The van der Waals surface area contributed by atoms with E-state index >= 15 is 0 Å². The van der Waals surface area contributed by atoms with E-state index in [0.717, 1.165) is 6.42 Å². The van der Waals surface area contributed by atoms with Crippen LogP contribution in [0, 0.1) is 5.92 Å². The van der Waals surface area contributed by atoms with Crippen molar-refractivity contribution in [1.29, 1.82) is 0 Å². The molecule has 2 saturated heterocycles. The highest BCUT2D eigenvalue weighted by Crippen LogP contribution is 2.40. The Bertz CT molecular complexity index is 449. The minimum absolute atomic E-state index is 0.0163. The lowest BCUT2D eigenvalue weighted by molar-refractivity contribution is -0.173. The van der Waals surface area contributed by atoms with Crippen molar-refractivity contribution < 1.29 is 14.4 Å². The second-order valence-electron chi connectivity index (χ2n) is 6.04. The standard InChI is InChI=1S/C14H23N3O3/c1-4-10(11(15)18)16-8-14(13(16)20)6-5-7-17(14)12(19)9(2)3/h9-10H,4-8H2,1-3H3,(H2,15,18)/t10-,14+/m0/s1. The average molecular weight is 281 g/mol. The Morgan fingerprint density at radius 1 is 1.40 bits per heavy atom. The van der Waals surface area contributed by atoms with Crippen LogP contribution in [0.15, 0.2) is 0 Å². The molecule has 20 heavy (non-hydrogen) atoms. The zero-order chi connectivity index (χ0) is 15.1. The fraction of sp³-hybridized carbons (Fsp3) is 0.786. The third-order valence-electron chi connectivity index (χ3n) is 4.43. The second-order valence-corrected chi connectivity index (χ2v) is 6.04. The molecule has 0 aromatic rings. The molecule has 0 aromatic carbocycles. The molecule has 2 atom stereocenters. The van der Waals surface area contributed by atoms with Gasteiger partial charge in [0.25, 0.3) is 5.91 Å². The van der Waals surface area contributed by atoms with Crippen LogP contribution in [0.5, 0.6) is 0 Å². The number of β-lactam (4-membered cyclic amide) rings is 1. The van der Waals surface area contributed by atoms with Crippen LogP contribution in [0.4, 0.5) is 0 Å². The number of primary amides is 1. The van der Waals surface area contributed by atoms with Gasteiger partial charge in [-0.05, 0) is 19.3 Å².